The zero-order valence-corrected chi connectivity index (χ0v) is 15.6. The van der Waals surface area contributed by atoms with Gasteiger partial charge in [-0.3, -0.25) is 9.59 Å². The summed E-state index contributed by atoms with van der Waals surface area (Å²) in [5.41, 5.74) is -0.0638. The zero-order chi connectivity index (χ0) is 20.0. The van der Waals surface area contributed by atoms with Crippen molar-refractivity contribution in [3.05, 3.63) is 28.8 Å². The first-order valence-corrected chi connectivity index (χ1v) is 8.65. The monoisotopic (exact) mass is 362 g/mol. The number of ketones is 1. The van der Waals surface area contributed by atoms with E-state index in [0.717, 1.165) is 0 Å². The Hall–Kier alpha value is -2.50. The standard InChI is InChI=1S/C20H26O6/c1-9(2)11-8-12(21)15-16(20(11,5)7-6-13(22)23)19(26)18(25)14(10(3)4)17(15)24/h10-11,24-26H,1,6-8H2,2-5H3,(H,22,23). The Morgan fingerprint density at radius 2 is 1.81 bits per heavy atom. The molecule has 2 unspecified atom stereocenters. The first-order valence-electron chi connectivity index (χ1n) is 8.65. The van der Waals surface area contributed by atoms with E-state index in [1.54, 1.807) is 27.7 Å². The van der Waals surface area contributed by atoms with Crippen LogP contribution in [0.2, 0.25) is 0 Å². The molecule has 6 heteroatoms. The number of carbonyl (C=O) groups is 2. The van der Waals surface area contributed by atoms with Crippen molar-refractivity contribution >= 4 is 11.8 Å². The van der Waals surface area contributed by atoms with Crippen molar-refractivity contribution in [2.24, 2.45) is 5.92 Å². The Bertz CT molecular complexity index is 792. The number of benzene rings is 1. The predicted molar refractivity (Wildman–Crippen MR) is 97.0 cm³/mol. The van der Waals surface area contributed by atoms with Gasteiger partial charge >= 0.3 is 5.97 Å². The van der Waals surface area contributed by atoms with Crippen molar-refractivity contribution in [3.63, 3.8) is 0 Å². The summed E-state index contributed by atoms with van der Waals surface area (Å²) in [6.07, 6.45) is 0.0160. The third kappa shape index (κ3) is 2.93. The second kappa shape index (κ2) is 6.67. The van der Waals surface area contributed by atoms with Crippen molar-refractivity contribution in [1.82, 2.24) is 0 Å². The van der Waals surface area contributed by atoms with Gasteiger partial charge in [0.1, 0.15) is 5.75 Å². The van der Waals surface area contributed by atoms with Crippen LogP contribution < -0.4 is 0 Å². The molecule has 0 fully saturated rings. The van der Waals surface area contributed by atoms with Crippen LogP contribution in [0.1, 0.15) is 74.4 Å². The second-order valence-corrected chi connectivity index (χ2v) is 7.70. The van der Waals surface area contributed by atoms with E-state index in [2.05, 4.69) is 6.58 Å². The van der Waals surface area contributed by atoms with E-state index in [1.807, 2.05) is 0 Å². The zero-order valence-electron chi connectivity index (χ0n) is 15.6. The van der Waals surface area contributed by atoms with Crippen LogP contribution in [-0.2, 0) is 10.2 Å². The number of rotatable bonds is 5. The molecule has 4 N–H and O–H groups in total. The van der Waals surface area contributed by atoms with E-state index in [0.29, 0.717) is 5.57 Å². The molecule has 26 heavy (non-hydrogen) atoms. The number of carboxylic acid groups (broad SMARTS) is 1. The van der Waals surface area contributed by atoms with E-state index in [1.165, 1.54) is 0 Å². The lowest BCUT2D eigenvalue weighted by atomic mass is 9.59. The molecule has 1 aromatic rings. The topological polar surface area (TPSA) is 115 Å². The van der Waals surface area contributed by atoms with Gasteiger partial charge in [-0.05, 0) is 25.2 Å². The van der Waals surface area contributed by atoms with E-state index in [9.17, 15) is 24.9 Å². The fourth-order valence-corrected chi connectivity index (χ4v) is 4.17. The molecule has 0 aromatic heterocycles. The maximum Gasteiger partial charge on any atom is 0.303 e. The molecule has 1 aromatic carbocycles. The third-order valence-electron chi connectivity index (χ3n) is 5.50. The van der Waals surface area contributed by atoms with Gasteiger partial charge in [-0.2, -0.15) is 0 Å². The molecular formula is C20H26O6. The molecule has 1 aliphatic rings. The normalized spacial score (nSPS) is 22.3. The lowest BCUT2D eigenvalue weighted by Crippen LogP contribution is -2.40. The number of phenols is 3. The van der Waals surface area contributed by atoms with Crippen LogP contribution in [0.4, 0.5) is 0 Å². The smallest absolute Gasteiger partial charge is 0.303 e. The Labute approximate surface area is 152 Å². The van der Waals surface area contributed by atoms with Gasteiger partial charge in [0.05, 0.1) is 5.56 Å². The minimum absolute atomic E-state index is 0.0191. The number of carbonyl (C=O) groups excluding carboxylic acids is 1. The molecule has 1 aliphatic carbocycles. The summed E-state index contributed by atoms with van der Waals surface area (Å²) in [6.45, 7) is 10.9. The fourth-order valence-electron chi connectivity index (χ4n) is 4.17. The highest BCUT2D eigenvalue weighted by Gasteiger charge is 2.48. The number of hydrogen-bond donors (Lipinski definition) is 4. The summed E-state index contributed by atoms with van der Waals surface area (Å²) in [5.74, 6) is -3.34. The van der Waals surface area contributed by atoms with Gasteiger partial charge in [0.25, 0.3) is 0 Å². The van der Waals surface area contributed by atoms with Gasteiger partial charge in [-0.25, -0.2) is 0 Å². The Kier molecular flexibility index (Phi) is 5.08. The highest BCUT2D eigenvalue weighted by atomic mass is 16.4. The van der Waals surface area contributed by atoms with Gasteiger partial charge in [-0.1, -0.05) is 32.9 Å². The minimum Gasteiger partial charge on any atom is -0.507 e. The molecule has 0 aliphatic heterocycles. The van der Waals surface area contributed by atoms with Crippen molar-refractivity contribution in [1.29, 1.82) is 0 Å². The number of aliphatic carboxylic acids is 1. The van der Waals surface area contributed by atoms with E-state index in [-0.39, 0.29) is 53.4 Å². The highest BCUT2D eigenvalue weighted by molar-refractivity contribution is 6.04. The molecule has 0 radical (unpaired) electrons. The van der Waals surface area contributed by atoms with Crippen molar-refractivity contribution in [3.8, 4) is 17.2 Å². The first kappa shape index (κ1) is 19.8. The number of carboxylic acids is 1. The van der Waals surface area contributed by atoms with Gasteiger partial charge in [0.2, 0.25) is 0 Å². The van der Waals surface area contributed by atoms with Crippen LogP contribution >= 0.6 is 0 Å². The Morgan fingerprint density at radius 1 is 1.23 bits per heavy atom. The molecule has 0 saturated carbocycles. The molecule has 2 rings (SSSR count). The summed E-state index contributed by atoms with van der Waals surface area (Å²) in [4.78, 5) is 23.9. The largest absolute Gasteiger partial charge is 0.507 e. The number of hydrogen-bond acceptors (Lipinski definition) is 5. The molecule has 2 atom stereocenters. The van der Waals surface area contributed by atoms with Crippen molar-refractivity contribution in [2.45, 2.75) is 58.3 Å². The minimum atomic E-state index is -1.00. The van der Waals surface area contributed by atoms with Crippen LogP contribution in [0, 0.1) is 5.92 Å². The summed E-state index contributed by atoms with van der Waals surface area (Å²) in [6, 6.07) is 0. The van der Waals surface area contributed by atoms with Crippen LogP contribution in [0.15, 0.2) is 12.2 Å². The molecule has 0 amide bonds. The van der Waals surface area contributed by atoms with E-state index in [4.69, 9.17) is 5.11 Å². The van der Waals surface area contributed by atoms with Crippen molar-refractivity contribution < 1.29 is 30.0 Å². The van der Waals surface area contributed by atoms with Gasteiger partial charge in [0, 0.05) is 29.4 Å². The van der Waals surface area contributed by atoms with Gasteiger partial charge < -0.3 is 20.4 Å². The highest BCUT2D eigenvalue weighted by Crippen LogP contribution is 2.57. The third-order valence-corrected chi connectivity index (χ3v) is 5.50. The van der Waals surface area contributed by atoms with Crippen LogP contribution in [0.25, 0.3) is 0 Å². The molecule has 0 saturated heterocycles. The van der Waals surface area contributed by atoms with Crippen LogP contribution in [0.5, 0.6) is 17.2 Å². The summed E-state index contributed by atoms with van der Waals surface area (Å²) in [7, 11) is 0. The molecule has 6 nitrogen and oxygen atoms in total. The molecule has 0 spiro atoms. The lowest BCUT2D eigenvalue weighted by Gasteiger charge is -2.43. The first-order chi connectivity index (χ1) is 11.9. The number of allylic oxidation sites excluding steroid dienone is 1. The summed E-state index contributed by atoms with van der Waals surface area (Å²) >= 11 is 0. The average molecular weight is 362 g/mol. The summed E-state index contributed by atoms with van der Waals surface area (Å²) in [5, 5.41) is 41.0. The Balaban J connectivity index is 2.86. The molecule has 142 valence electrons. The van der Waals surface area contributed by atoms with Gasteiger partial charge in [-0.15, -0.1) is 0 Å². The molecular weight excluding hydrogens is 336 g/mol. The van der Waals surface area contributed by atoms with E-state index < -0.39 is 28.8 Å². The SMILES string of the molecule is C=C(C)C1CC(=O)c2c(O)c(C(C)C)c(O)c(O)c2C1(C)CCC(=O)O. The predicted octanol–water partition coefficient (Wildman–Crippen LogP) is 3.83. The quantitative estimate of drug-likeness (QED) is 0.359. The molecule has 0 bridgehead atoms. The van der Waals surface area contributed by atoms with Crippen LogP contribution in [0.3, 0.4) is 0 Å². The maximum absolute atomic E-state index is 12.8. The number of aromatic hydroxyl groups is 3. The maximum atomic E-state index is 12.8. The second-order valence-electron chi connectivity index (χ2n) is 7.70. The fraction of sp³-hybridized carbons (Fsp3) is 0.500. The Morgan fingerprint density at radius 3 is 2.27 bits per heavy atom. The lowest BCUT2D eigenvalue weighted by molar-refractivity contribution is -0.137. The van der Waals surface area contributed by atoms with Gasteiger partial charge in [0.15, 0.2) is 17.3 Å². The number of fused-ring (bicyclic) bond motifs is 1. The summed E-state index contributed by atoms with van der Waals surface area (Å²) < 4.78 is 0. The van der Waals surface area contributed by atoms with Crippen molar-refractivity contribution in [2.75, 3.05) is 0 Å². The number of phenolic OH excluding ortho intramolecular Hbond substituents is 3. The number of Topliss-reactive ketones (excluding diaryl/α,β-unsaturated/α-hetero) is 1. The van der Waals surface area contributed by atoms with Crippen LogP contribution in [-0.4, -0.2) is 32.2 Å². The average Bonchev–Trinajstić information content (AvgIpc) is 2.52. The molecule has 0 heterocycles. The van der Waals surface area contributed by atoms with E-state index >= 15 is 0 Å².